The van der Waals surface area contributed by atoms with Gasteiger partial charge in [0.25, 0.3) is 5.56 Å². The van der Waals surface area contributed by atoms with Crippen LogP contribution in [0.2, 0.25) is 0 Å². The van der Waals surface area contributed by atoms with E-state index in [1.54, 1.807) is 41.4 Å². The fourth-order valence-electron chi connectivity index (χ4n) is 3.38. The van der Waals surface area contributed by atoms with E-state index in [9.17, 15) is 14.0 Å². The van der Waals surface area contributed by atoms with Gasteiger partial charge >= 0.3 is 0 Å². The first-order valence-corrected chi connectivity index (χ1v) is 10.6. The quantitative estimate of drug-likeness (QED) is 0.624. The van der Waals surface area contributed by atoms with Crippen molar-refractivity contribution in [2.24, 2.45) is 0 Å². The molecule has 1 fully saturated rings. The summed E-state index contributed by atoms with van der Waals surface area (Å²) in [5.74, 6) is -0.354. The Bertz CT molecular complexity index is 1090. The van der Waals surface area contributed by atoms with Crippen molar-refractivity contribution in [3.8, 4) is 10.6 Å². The van der Waals surface area contributed by atoms with Crippen LogP contribution in [0.5, 0.6) is 0 Å². The van der Waals surface area contributed by atoms with Crippen molar-refractivity contribution in [3.63, 3.8) is 0 Å². The van der Waals surface area contributed by atoms with Crippen LogP contribution in [0.3, 0.4) is 0 Å². The average Bonchev–Trinajstić information content (AvgIpc) is 3.20. The van der Waals surface area contributed by atoms with Crippen molar-refractivity contribution in [1.82, 2.24) is 24.6 Å². The normalized spacial score (nSPS) is 14.8. The molecular weight excluding hydrogens is 405 g/mol. The Morgan fingerprint density at radius 3 is 2.57 bits per heavy atom. The number of benzene rings is 1. The van der Waals surface area contributed by atoms with Gasteiger partial charge in [0, 0.05) is 49.7 Å². The lowest BCUT2D eigenvalue weighted by molar-refractivity contribution is -0.133. The molecule has 0 aliphatic carbocycles. The molecule has 1 aliphatic rings. The summed E-state index contributed by atoms with van der Waals surface area (Å²) >= 11 is 1.54. The lowest BCUT2D eigenvalue weighted by Gasteiger charge is -2.34. The van der Waals surface area contributed by atoms with Gasteiger partial charge in [0.1, 0.15) is 17.4 Å². The van der Waals surface area contributed by atoms with Crippen LogP contribution in [-0.2, 0) is 17.9 Å². The number of nitrogens with zero attached hydrogens (tertiary/aromatic N) is 5. The van der Waals surface area contributed by atoms with Gasteiger partial charge in [0.15, 0.2) is 0 Å². The van der Waals surface area contributed by atoms with Gasteiger partial charge < -0.3 is 4.90 Å². The SMILES string of the molecule is Cc1ccc(=O)n(CC(=O)N2CCN(Cc3csc(-c4ccc(F)cc4)n3)CC2)n1. The van der Waals surface area contributed by atoms with Crippen molar-refractivity contribution >= 4 is 17.2 Å². The molecule has 1 amide bonds. The molecule has 1 aromatic carbocycles. The van der Waals surface area contributed by atoms with E-state index in [1.165, 1.54) is 22.9 Å². The van der Waals surface area contributed by atoms with Crippen LogP contribution in [0.25, 0.3) is 10.6 Å². The zero-order valence-corrected chi connectivity index (χ0v) is 17.4. The molecule has 0 saturated carbocycles. The summed E-state index contributed by atoms with van der Waals surface area (Å²) in [6.07, 6.45) is 0. The number of hydrogen-bond acceptors (Lipinski definition) is 6. The Labute approximate surface area is 177 Å². The van der Waals surface area contributed by atoms with Gasteiger partial charge in [-0.1, -0.05) is 0 Å². The second kappa shape index (κ2) is 8.85. The first-order chi connectivity index (χ1) is 14.5. The van der Waals surface area contributed by atoms with E-state index in [-0.39, 0.29) is 23.8 Å². The number of thiazole rings is 1. The molecule has 3 heterocycles. The van der Waals surface area contributed by atoms with E-state index in [0.717, 1.165) is 29.4 Å². The summed E-state index contributed by atoms with van der Waals surface area (Å²) in [7, 11) is 0. The number of carbonyl (C=O) groups excluding carboxylic acids is 1. The highest BCUT2D eigenvalue weighted by Crippen LogP contribution is 2.24. The standard InChI is InChI=1S/C21H22FN5O2S/c1-15-2-7-19(28)27(24-15)13-20(29)26-10-8-25(9-11-26)12-18-14-30-21(23-18)16-3-5-17(22)6-4-16/h2-7,14H,8-13H2,1H3. The first kappa shape index (κ1) is 20.4. The van der Waals surface area contributed by atoms with E-state index >= 15 is 0 Å². The van der Waals surface area contributed by atoms with Crippen LogP contribution in [0.4, 0.5) is 4.39 Å². The third kappa shape index (κ3) is 4.80. The van der Waals surface area contributed by atoms with E-state index in [4.69, 9.17) is 0 Å². The molecule has 0 radical (unpaired) electrons. The zero-order chi connectivity index (χ0) is 21.1. The number of hydrogen-bond donors (Lipinski definition) is 0. The van der Waals surface area contributed by atoms with Crippen LogP contribution >= 0.6 is 11.3 Å². The Hall–Kier alpha value is -2.91. The highest BCUT2D eigenvalue weighted by Gasteiger charge is 2.22. The molecule has 2 aromatic heterocycles. The average molecular weight is 428 g/mol. The maximum atomic E-state index is 13.1. The van der Waals surface area contributed by atoms with Gasteiger partial charge in [0.05, 0.1) is 11.4 Å². The largest absolute Gasteiger partial charge is 0.339 e. The van der Waals surface area contributed by atoms with Crippen LogP contribution in [0.15, 0.2) is 46.6 Å². The molecule has 156 valence electrons. The molecule has 9 heteroatoms. The predicted octanol–water partition coefficient (Wildman–Crippen LogP) is 2.16. The van der Waals surface area contributed by atoms with Crippen LogP contribution in [-0.4, -0.2) is 56.7 Å². The van der Waals surface area contributed by atoms with E-state index in [2.05, 4.69) is 15.0 Å². The molecule has 1 aliphatic heterocycles. The monoisotopic (exact) mass is 427 g/mol. The second-order valence-corrected chi connectivity index (χ2v) is 8.14. The molecule has 30 heavy (non-hydrogen) atoms. The van der Waals surface area contributed by atoms with Gasteiger partial charge in [0.2, 0.25) is 5.91 Å². The minimum atomic E-state index is -0.270. The lowest BCUT2D eigenvalue weighted by atomic mass is 10.2. The summed E-state index contributed by atoms with van der Waals surface area (Å²) in [6, 6.07) is 9.41. The third-order valence-corrected chi connectivity index (χ3v) is 5.98. The van der Waals surface area contributed by atoms with Gasteiger partial charge in [-0.15, -0.1) is 11.3 Å². The Balaban J connectivity index is 1.30. The predicted molar refractivity (Wildman–Crippen MR) is 113 cm³/mol. The zero-order valence-electron chi connectivity index (χ0n) is 16.6. The maximum absolute atomic E-state index is 13.1. The second-order valence-electron chi connectivity index (χ2n) is 7.28. The Morgan fingerprint density at radius 2 is 1.83 bits per heavy atom. The van der Waals surface area contributed by atoms with Crippen LogP contribution in [0, 0.1) is 12.7 Å². The summed E-state index contributed by atoms with van der Waals surface area (Å²) in [5.41, 5.74) is 2.31. The molecule has 4 rings (SSSR count). The molecule has 0 atom stereocenters. The fraction of sp³-hybridized carbons (Fsp3) is 0.333. The number of carbonyl (C=O) groups is 1. The van der Waals surface area contributed by atoms with Crippen LogP contribution < -0.4 is 5.56 Å². The number of halogens is 1. The summed E-state index contributed by atoms with van der Waals surface area (Å²) in [5, 5.41) is 7.02. The molecule has 3 aromatic rings. The number of aryl methyl sites for hydroxylation is 1. The molecule has 0 unspecified atom stereocenters. The van der Waals surface area contributed by atoms with Crippen molar-refractivity contribution in [3.05, 3.63) is 69.3 Å². The maximum Gasteiger partial charge on any atom is 0.267 e. The molecule has 0 N–H and O–H groups in total. The summed E-state index contributed by atoms with van der Waals surface area (Å²) in [6.45, 7) is 5.16. The minimum Gasteiger partial charge on any atom is -0.339 e. The van der Waals surface area contributed by atoms with Gasteiger partial charge in [-0.25, -0.2) is 14.1 Å². The molecule has 1 saturated heterocycles. The van der Waals surface area contributed by atoms with Crippen molar-refractivity contribution in [1.29, 1.82) is 0 Å². The Kier molecular flexibility index (Phi) is 6.01. The van der Waals surface area contributed by atoms with Gasteiger partial charge in [-0.3, -0.25) is 14.5 Å². The highest BCUT2D eigenvalue weighted by molar-refractivity contribution is 7.13. The fourth-order valence-corrected chi connectivity index (χ4v) is 4.20. The van der Waals surface area contributed by atoms with E-state index in [1.807, 2.05) is 5.38 Å². The van der Waals surface area contributed by atoms with Crippen molar-refractivity contribution in [2.75, 3.05) is 26.2 Å². The molecule has 7 nitrogen and oxygen atoms in total. The smallest absolute Gasteiger partial charge is 0.267 e. The number of amides is 1. The highest BCUT2D eigenvalue weighted by atomic mass is 32.1. The number of rotatable bonds is 5. The first-order valence-electron chi connectivity index (χ1n) is 9.73. The third-order valence-electron chi connectivity index (χ3n) is 5.04. The van der Waals surface area contributed by atoms with Crippen LogP contribution in [0.1, 0.15) is 11.4 Å². The number of aromatic nitrogens is 3. The van der Waals surface area contributed by atoms with Crippen molar-refractivity contribution in [2.45, 2.75) is 20.0 Å². The molecular formula is C21H22FN5O2S. The minimum absolute atomic E-state index is 0.0341. The lowest BCUT2D eigenvalue weighted by Crippen LogP contribution is -2.49. The molecule has 0 spiro atoms. The van der Waals surface area contributed by atoms with Crippen molar-refractivity contribution < 1.29 is 9.18 Å². The van der Waals surface area contributed by atoms with Gasteiger partial charge in [-0.05, 0) is 37.3 Å². The van der Waals surface area contributed by atoms with Gasteiger partial charge in [-0.2, -0.15) is 5.10 Å². The van der Waals surface area contributed by atoms with E-state index < -0.39 is 0 Å². The summed E-state index contributed by atoms with van der Waals surface area (Å²) in [4.78, 5) is 33.1. The molecule has 0 bridgehead atoms. The summed E-state index contributed by atoms with van der Waals surface area (Å²) < 4.78 is 14.3. The Morgan fingerprint density at radius 1 is 1.10 bits per heavy atom. The topological polar surface area (TPSA) is 71.3 Å². The number of piperazine rings is 1. The van der Waals surface area contributed by atoms with E-state index in [0.29, 0.717) is 25.3 Å².